The third kappa shape index (κ3) is 3.59. The third-order valence-corrected chi connectivity index (χ3v) is 6.41. The SMILES string of the molecule is CN1C(=O)[C@H]2CN(Cc3c2c2cc(O)ccc2n3Cc2ccc(C(=O)OC(C)(C)C)cc2)C1=O. The zero-order chi connectivity index (χ0) is 24.4. The van der Waals surface area contributed by atoms with Crippen LogP contribution in [0.2, 0.25) is 0 Å². The van der Waals surface area contributed by atoms with E-state index < -0.39 is 11.5 Å². The Hall–Kier alpha value is -3.81. The molecule has 0 spiro atoms. The Kier molecular flexibility index (Phi) is 4.93. The summed E-state index contributed by atoms with van der Waals surface area (Å²) in [7, 11) is 1.51. The summed E-state index contributed by atoms with van der Waals surface area (Å²) in [6, 6.07) is 12.1. The van der Waals surface area contributed by atoms with E-state index in [1.54, 1.807) is 29.2 Å². The number of hydrogen-bond donors (Lipinski definition) is 1. The number of ether oxygens (including phenoxy) is 1. The summed E-state index contributed by atoms with van der Waals surface area (Å²) in [4.78, 5) is 40.8. The van der Waals surface area contributed by atoms with E-state index in [4.69, 9.17) is 4.74 Å². The molecule has 2 aliphatic heterocycles. The van der Waals surface area contributed by atoms with Crippen LogP contribution >= 0.6 is 0 Å². The topological polar surface area (TPSA) is 92.1 Å². The zero-order valence-electron chi connectivity index (χ0n) is 19.7. The second kappa shape index (κ2) is 7.62. The van der Waals surface area contributed by atoms with Crippen LogP contribution in [0.5, 0.6) is 5.75 Å². The van der Waals surface area contributed by atoms with Crippen molar-refractivity contribution < 1.29 is 24.2 Å². The number of urea groups is 1. The van der Waals surface area contributed by atoms with Gasteiger partial charge in [-0.15, -0.1) is 0 Å². The van der Waals surface area contributed by atoms with Gasteiger partial charge in [0.05, 0.1) is 18.0 Å². The number of esters is 1. The highest BCUT2D eigenvalue weighted by Gasteiger charge is 2.44. The first-order chi connectivity index (χ1) is 16.0. The van der Waals surface area contributed by atoms with Gasteiger partial charge < -0.3 is 19.3 Å². The van der Waals surface area contributed by atoms with Crippen molar-refractivity contribution in [2.75, 3.05) is 13.6 Å². The predicted octanol–water partition coefficient (Wildman–Crippen LogP) is 3.84. The molecular formula is C26H27N3O5. The lowest BCUT2D eigenvalue weighted by atomic mass is 9.89. The molecule has 2 aliphatic rings. The molecule has 1 aromatic heterocycles. The fraction of sp³-hybridized carbons (Fsp3) is 0.346. The molecule has 8 nitrogen and oxygen atoms in total. The molecule has 3 aromatic rings. The molecule has 1 atom stereocenters. The van der Waals surface area contributed by atoms with Crippen LogP contribution in [0.25, 0.3) is 10.9 Å². The fourth-order valence-corrected chi connectivity index (χ4v) is 4.87. The second-order valence-corrected chi connectivity index (χ2v) is 9.96. The standard InChI is InChI=1S/C26H27N3O5/c1-26(2,3)34-24(32)16-7-5-15(6-8-16)12-29-20-10-9-17(30)11-18(20)22-19-13-28(14-21(22)29)25(33)27(4)23(19)31/h5-11,19,30H,12-14H2,1-4H3/t19-/m0/s1. The molecule has 0 unspecified atom stereocenters. The Balaban J connectivity index is 1.55. The quantitative estimate of drug-likeness (QED) is 0.599. The van der Waals surface area contributed by atoms with Gasteiger partial charge in [-0.05, 0) is 62.2 Å². The number of carbonyl (C=O) groups excluding carboxylic acids is 3. The third-order valence-electron chi connectivity index (χ3n) is 6.41. The smallest absolute Gasteiger partial charge is 0.338 e. The van der Waals surface area contributed by atoms with E-state index >= 15 is 0 Å². The van der Waals surface area contributed by atoms with Crippen molar-refractivity contribution in [2.45, 2.75) is 45.4 Å². The van der Waals surface area contributed by atoms with E-state index in [0.717, 1.165) is 27.7 Å². The molecule has 1 fully saturated rings. The second-order valence-electron chi connectivity index (χ2n) is 9.96. The van der Waals surface area contributed by atoms with Crippen LogP contribution in [-0.4, -0.2) is 56.6 Å². The molecular weight excluding hydrogens is 434 g/mol. The Morgan fingerprint density at radius 2 is 1.82 bits per heavy atom. The van der Waals surface area contributed by atoms with Gasteiger partial charge in [-0.1, -0.05) is 12.1 Å². The van der Waals surface area contributed by atoms with Crippen molar-refractivity contribution in [1.82, 2.24) is 14.4 Å². The summed E-state index contributed by atoms with van der Waals surface area (Å²) in [5.74, 6) is -0.942. The van der Waals surface area contributed by atoms with Crippen molar-refractivity contribution in [3.8, 4) is 5.75 Å². The van der Waals surface area contributed by atoms with Crippen molar-refractivity contribution in [1.29, 1.82) is 0 Å². The number of nitrogens with zero attached hydrogens (tertiary/aromatic N) is 3. The van der Waals surface area contributed by atoms with E-state index in [-0.39, 0.29) is 23.7 Å². The molecule has 8 heteroatoms. The van der Waals surface area contributed by atoms with Gasteiger partial charge in [-0.25, -0.2) is 9.59 Å². The zero-order valence-corrected chi connectivity index (χ0v) is 19.7. The van der Waals surface area contributed by atoms with Crippen LogP contribution in [0.4, 0.5) is 4.79 Å². The lowest BCUT2D eigenvalue weighted by Gasteiger charge is -2.41. The lowest BCUT2D eigenvalue weighted by molar-refractivity contribution is -0.132. The highest BCUT2D eigenvalue weighted by atomic mass is 16.6. The number of amides is 3. The van der Waals surface area contributed by atoms with Gasteiger partial charge in [0.2, 0.25) is 5.91 Å². The van der Waals surface area contributed by atoms with E-state index in [0.29, 0.717) is 25.2 Å². The van der Waals surface area contributed by atoms with E-state index in [1.807, 2.05) is 39.0 Å². The maximum atomic E-state index is 13.0. The molecule has 3 heterocycles. The number of likely N-dealkylation sites (N-methyl/N-ethyl adjacent to an activating group) is 1. The molecule has 0 aliphatic carbocycles. The van der Waals surface area contributed by atoms with Gasteiger partial charge >= 0.3 is 12.0 Å². The van der Waals surface area contributed by atoms with Crippen LogP contribution in [0.15, 0.2) is 42.5 Å². The Morgan fingerprint density at radius 3 is 2.50 bits per heavy atom. The summed E-state index contributed by atoms with van der Waals surface area (Å²) in [6.45, 7) is 6.70. The van der Waals surface area contributed by atoms with Crippen LogP contribution in [-0.2, 0) is 22.6 Å². The predicted molar refractivity (Wildman–Crippen MR) is 126 cm³/mol. The highest BCUT2D eigenvalue weighted by molar-refractivity contribution is 6.04. The Labute approximate surface area is 197 Å². The molecule has 176 valence electrons. The van der Waals surface area contributed by atoms with Gasteiger partial charge in [-0.2, -0.15) is 0 Å². The van der Waals surface area contributed by atoms with Gasteiger partial charge in [-0.3, -0.25) is 9.69 Å². The maximum absolute atomic E-state index is 13.0. The maximum Gasteiger partial charge on any atom is 0.338 e. The first-order valence-electron chi connectivity index (χ1n) is 11.3. The monoisotopic (exact) mass is 461 g/mol. The number of aromatic nitrogens is 1. The van der Waals surface area contributed by atoms with Crippen LogP contribution < -0.4 is 0 Å². The van der Waals surface area contributed by atoms with Crippen LogP contribution in [0, 0.1) is 0 Å². The van der Waals surface area contributed by atoms with Gasteiger partial charge in [0.25, 0.3) is 0 Å². The molecule has 2 bridgehead atoms. The summed E-state index contributed by atoms with van der Waals surface area (Å²) >= 11 is 0. The number of fused-ring (bicyclic) bond motifs is 6. The summed E-state index contributed by atoms with van der Waals surface area (Å²) < 4.78 is 7.54. The minimum absolute atomic E-state index is 0.129. The van der Waals surface area contributed by atoms with E-state index in [1.165, 1.54) is 11.9 Å². The molecule has 1 saturated heterocycles. The van der Waals surface area contributed by atoms with Gasteiger partial charge in [0.15, 0.2) is 0 Å². The normalized spacial score (nSPS) is 17.8. The highest BCUT2D eigenvalue weighted by Crippen LogP contribution is 2.41. The van der Waals surface area contributed by atoms with E-state index in [9.17, 15) is 19.5 Å². The molecule has 0 saturated carbocycles. The summed E-state index contributed by atoms with van der Waals surface area (Å²) in [6.07, 6.45) is 0. The first-order valence-corrected chi connectivity index (χ1v) is 11.3. The minimum atomic E-state index is -0.569. The number of imide groups is 1. The molecule has 0 radical (unpaired) electrons. The number of phenols is 1. The van der Waals surface area contributed by atoms with Gasteiger partial charge in [0.1, 0.15) is 11.4 Å². The number of phenolic OH excluding ortho intramolecular Hbond substituents is 1. The largest absolute Gasteiger partial charge is 0.508 e. The molecule has 34 heavy (non-hydrogen) atoms. The minimum Gasteiger partial charge on any atom is -0.508 e. The van der Waals surface area contributed by atoms with Crippen LogP contribution in [0.3, 0.4) is 0 Å². The average molecular weight is 462 g/mol. The lowest BCUT2D eigenvalue weighted by Crippen LogP contribution is -2.56. The molecule has 5 rings (SSSR count). The Morgan fingerprint density at radius 1 is 1.12 bits per heavy atom. The van der Waals surface area contributed by atoms with Crippen molar-refractivity contribution in [3.63, 3.8) is 0 Å². The summed E-state index contributed by atoms with van der Waals surface area (Å²) in [5, 5.41) is 11.0. The van der Waals surface area contributed by atoms with Gasteiger partial charge in [0, 0.05) is 36.7 Å². The molecule has 1 N–H and O–H groups in total. The average Bonchev–Trinajstić information content (AvgIpc) is 3.08. The van der Waals surface area contributed by atoms with Crippen LogP contribution in [0.1, 0.15) is 53.9 Å². The number of benzene rings is 2. The molecule has 2 aromatic carbocycles. The Bertz CT molecular complexity index is 1330. The van der Waals surface area contributed by atoms with E-state index in [2.05, 4.69) is 4.57 Å². The molecule has 3 amide bonds. The number of carbonyl (C=O) groups is 3. The van der Waals surface area contributed by atoms with Crippen molar-refractivity contribution >= 4 is 28.8 Å². The number of hydrogen-bond acceptors (Lipinski definition) is 5. The fourth-order valence-electron chi connectivity index (χ4n) is 4.87. The number of aromatic hydroxyl groups is 1. The number of rotatable bonds is 3. The first kappa shape index (κ1) is 22.0. The van der Waals surface area contributed by atoms with Crippen molar-refractivity contribution in [3.05, 3.63) is 64.8 Å². The van der Waals surface area contributed by atoms with Crippen molar-refractivity contribution in [2.24, 2.45) is 0 Å². The summed E-state index contributed by atoms with van der Waals surface area (Å²) in [5.41, 5.74) is 3.51.